The van der Waals surface area contributed by atoms with E-state index >= 15 is 0 Å². The van der Waals surface area contributed by atoms with Crippen molar-refractivity contribution in [2.75, 3.05) is 18.5 Å². The highest BCUT2D eigenvalue weighted by molar-refractivity contribution is 5.96. The van der Waals surface area contributed by atoms with Gasteiger partial charge in [0.2, 0.25) is 5.75 Å². The van der Waals surface area contributed by atoms with Crippen molar-refractivity contribution < 1.29 is 9.84 Å². The van der Waals surface area contributed by atoms with Gasteiger partial charge >= 0.3 is 0 Å². The van der Waals surface area contributed by atoms with Crippen LogP contribution in [0.5, 0.6) is 11.5 Å². The molecule has 0 amide bonds. The summed E-state index contributed by atoms with van der Waals surface area (Å²) >= 11 is 0. The molecule has 0 bridgehead atoms. The molecule has 0 saturated carbocycles. The third kappa shape index (κ3) is 5.89. The number of ether oxygens (including phenoxy) is 1. The van der Waals surface area contributed by atoms with E-state index in [0.29, 0.717) is 10.9 Å². The number of hydrogen-bond donors (Lipinski definition) is 2. The van der Waals surface area contributed by atoms with Crippen molar-refractivity contribution in [2.24, 2.45) is 7.05 Å². The highest BCUT2D eigenvalue weighted by Crippen LogP contribution is 2.34. The summed E-state index contributed by atoms with van der Waals surface area (Å²) in [5, 5.41) is 14.7. The Morgan fingerprint density at radius 2 is 2.00 bits per heavy atom. The largest absolute Gasteiger partial charge is 0.504 e. The highest BCUT2D eigenvalue weighted by Gasteiger charge is 2.17. The van der Waals surface area contributed by atoms with Crippen LogP contribution in [0.4, 0.5) is 5.69 Å². The smallest absolute Gasteiger partial charge is 0.297 e. The molecular weight excluding hydrogens is 364 g/mol. The van der Waals surface area contributed by atoms with Crippen LogP contribution in [0.1, 0.15) is 53.4 Å². The van der Waals surface area contributed by atoms with Gasteiger partial charge in [-0.15, -0.1) is 0 Å². The minimum absolute atomic E-state index is 0.000873. The number of fused-ring (bicyclic) bond motifs is 1. The summed E-state index contributed by atoms with van der Waals surface area (Å²) in [4.78, 5) is 12.8. The zero-order valence-corrected chi connectivity index (χ0v) is 18.3. The first-order valence-corrected chi connectivity index (χ1v) is 10.4. The molecule has 1 aromatic heterocycles. The van der Waals surface area contributed by atoms with Gasteiger partial charge in [-0.25, -0.2) is 0 Å². The molecule has 2 N–H and O–H groups in total. The molecule has 1 heterocycles. The average molecular weight is 399 g/mol. The fraction of sp³-hybridized carbons (Fsp3) is 0.458. The quantitative estimate of drug-likeness (QED) is 0.408. The molecule has 0 unspecified atom stereocenters. The second kappa shape index (κ2) is 10.7. The Kier molecular flexibility index (Phi) is 8.37. The first kappa shape index (κ1) is 22.6. The summed E-state index contributed by atoms with van der Waals surface area (Å²) in [5.41, 5.74) is 3.69. The Morgan fingerprint density at radius 1 is 1.24 bits per heavy atom. The van der Waals surface area contributed by atoms with Gasteiger partial charge in [0.1, 0.15) is 6.61 Å². The average Bonchev–Trinajstić information content (AvgIpc) is 2.68. The van der Waals surface area contributed by atoms with Gasteiger partial charge in [-0.3, -0.25) is 4.79 Å². The van der Waals surface area contributed by atoms with Crippen LogP contribution in [0.2, 0.25) is 0 Å². The number of hydrogen-bond acceptors (Lipinski definition) is 4. The van der Waals surface area contributed by atoms with Crippen LogP contribution in [0.25, 0.3) is 10.9 Å². The van der Waals surface area contributed by atoms with Crippen LogP contribution in [0.3, 0.4) is 0 Å². The fourth-order valence-electron chi connectivity index (χ4n) is 3.20. The lowest BCUT2D eigenvalue weighted by Crippen LogP contribution is -2.21. The van der Waals surface area contributed by atoms with E-state index in [-0.39, 0.29) is 23.7 Å². The molecule has 0 atom stereocenters. The number of para-hydroxylation sites is 1. The minimum Gasteiger partial charge on any atom is -0.504 e. The summed E-state index contributed by atoms with van der Waals surface area (Å²) < 4.78 is 7.24. The number of aryl methyl sites for hydroxylation is 1. The third-order valence-electron chi connectivity index (χ3n) is 4.94. The Balaban J connectivity index is 2.25. The predicted molar refractivity (Wildman–Crippen MR) is 122 cm³/mol. The minimum atomic E-state index is -0.338. The molecule has 0 saturated heterocycles. The number of pyridine rings is 1. The van der Waals surface area contributed by atoms with Crippen LogP contribution in [-0.4, -0.2) is 22.8 Å². The van der Waals surface area contributed by atoms with Crippen LogP contribution < -0.4 is 15.6 Å². The molecular formula is C24H34N2O3. The predicted octanol–water partition coefficient (Wildman–Crippen LogP) is 5.53. The van der Waals surface area contributed by atoms with Gasteiger partial charge in [0.25, 0.3) is 5.56 Å². The van der Waals surface area contributed by atoms with E-state index in [1.54, 1.807) is 11.6 Å². The van der Waals surface area contributed by atoms with E-state index < -0.39 is 0 Å². The van der Waals surface area contributed by atoms with Crippen molar-refractivity contribution >= 4 is 16.6 Å². The summed E-state index contributed by atoms with van der Waals surface area (Å²) in [6.45, 7) is 9.43. The topological polar surface area (TPSA) is 63.5 Å². The van der Waals surface area contributed by atoms with Crippen molar-refractivity contribution in [3.8, 4) is 11.5 Å². The molecule has 29 heavy (non-hydrogen) atoms. The van der Waals surface area contributed by atoms with Crippen molar-refractivity contribution in [1.29, 1.82) is 0 Å². The van der Waals surface area contributed by atoms with Crippen LogP contribution >= 0.6 is 0 Å². The standard InChI is InChI=1S/C24H34N2O3/c1-6-7-15-25-20-13-9-12-19-21(20)26(5)24(28)23(22(19)27)29-16-14-18(4)11-8-10-17(2)3/h9-10,12-14,25,27H,6-8,11,15-16H2,1-5H3. The van der Waals surface area contributed by atoms with Crippen LogP contribution in [0.15, 0.2) is 46.3 Å². The second-order valence-electron chi connectivity index (χ2n) is 7.71. The van der Waals surface area contributed by atoms with Gasteiger partial charge in [-0.1, -0.05) is 36.6 Å². The van der Waals surface area contributed by atoms with Crippen LogP contribution in [0, 0.1) is 0 Å². The molecule has 0 aliphatic heterocycles. The SMILES string of the molecule is CCCCNc1cccc2c(O)c(OCC=C(C)CCC=C(C)C)c(=O)n(C)c12. The Labute approximate surface area is 173 Å². The van der Waals surface area contributed by atoms with Gasteiger partial charge in [-0.2, -0.15) is 0 Å². The number of nitrogens with zero attached hydrogens (tertiary/aromatic N) is 1. The van der Waals surface area contributed by atoms with Gasteiger partial charge in [-0.05, 0) is 58.2 Å². The third-order valence-corrected chi connectivity index (χ3v) is 4.94. The number of aromatic nitrogens is 1. The lowest BCUT2D eigenvalue weighted by Gasteiger charge is -2.16. The number of allylic oxidation sites excluding steroid dienone is 3. The molecule has 0 aliphatic carbocycles. The maximum Gasteiger partial charge on any atom is 0.297 e. The van der Waals surface area contributed by atoms with Crippen LogP contribution in [-0.2, 0) is 7.05 Å². The van der Waals surface area contributed by atoms with E-state index in [4.69, 9.17) is 4.74 Å². The summed E-state index contributed by atoms with van der Waals surface area (Å²) in [7, 11) is 1.71. The summed E-state index contributed by atoms with van der Waals surface area (Å²) in [5.74, 6) is -0.100. The zero-order chi connectivity index (χ0) is 21.4. The lowest BCUT2D eigenvalue weighted by atomic mass is 10.1. The van der Waals surface area contributed by atoms with Crippen molar-refractivity contribution in [1.82, 2.24) is 4.57 Å². The molecule has 1 aromatic carbocycles. The van der Waals surface area contributed by atoms with E-state index in [2.05, 4.69) is 39.1 Å². The first-order valence-electron chi connectivity index (χ1n) is 10.4. The van der Waals surface area contributed by atoms with E-state index in [1.165, 1.54) is 11.1 Å². The molecule has 5 nitrogen and oxygen atoms in total. The van der Waals surface area contributed by atoms with Gasteiger partial charge in [0, 0.05) is 19.0 Å². The first-order chi connectivity index (χ1) is 13.9. The summed E-state index contributed by atoms with van der Waals surface area (Å²) in [6.07, 6.45) is 8.22. The lowest BCUT2D eigenvalue weighted by molar-refractivity contribution is 0.330. The Bertz CT molecular complexity index is 951. The molecule has 2 aromatic rings. The Hall–Kier alpha value is -2.69. The van der Waals surface area contributed by atoms with Gasteiger partial charge in [0.15, 0.2) is 5.75 Å². The van der Waals surface area contributed by atoms with Gasteiger partial charge in [0.05, 0.1) is 11.2 Å². The molecule has 0 aliphatic rings. The van der Waals surface area contributed by atoms with Gasteiger partial charge < -0.3 is 19.7 Å². The number of anilines is 1. The number of unbranched alkanes of at least 4 members (excludes halogenated alkanes) is 1. The number of aromatic hydroxyl groups is 1. The van der Waals surface area contributed by atoms with Crippen molar-refractivity contribution in [3.63, 3.8) is 0 Å². The normalized spacial score (nSPS) is 11.6. The molecule has 158 valence electrons. The van der Waals surface area contributed by atoms with Crippen molar-refractivity contribution in [2.45, 2.75) is 53.4 Å². The molecule has 0 spiro atoms. The van der Waals surface area contributed by atoms with E-state index in [1.807, 2.05) is 24.3 Å². The monoisotopic (exact) mass is 398 g/mol. The molecule has 0 radical (unpaired) electrons. The number of benzene rings is 1. The van der Waals surface area contributed by atoms with E-state index in [9.17, 15) is 9.90 Å². The fourth-order valence-corrected chi connectivity index (χ4v) is 3.20. The zero-order valence-electron chi connectivity index (χ0n) is 18.3. The van der Waals surface area contributed by atoms with Crippen molar-refractivity contribution in [3.05, 3.63) is 51.9 Å². The molecule has 0 fully saturated rings. The van der Waals surface area contributed by atoms with E-state index in [0.717, 1.165) is 37.9 Å². The molecule has 2 rings (SSSR count). The highest BCUT2D eigenvalue weighted by atomic mass is 16.5. The Morgan fingerprint density at radius 3 is 2.69 bits per heavy atom. The maximum atomic E-state index is 12.8. The second-order valence-corrected chi connectivity index (χ2v) is 7.71. The number of rotatable bonds is 10. The number of nitrogens with one attached hydrogen (secondary N) is 1. The summed E-state index contributed by atoms with van der Waals surface area (Å²) in [6, 6.07) is 5.61. The maximum absolute atomic E-state index is 12.8. The molecule has 5 heteroatoms.